The van der Waals surface area contributed by atoms with Gasteiger partial charge in [0.15, 0.2) is 0 Å². The molecule has 0 radical (unpaired) electrons. The molecule has 1 aliphatic heterocycles. The van der Waals surface area contributed by atoms with E-state index in [0.29, 0.717) is 52.6 Å². The van der Waals surface area contributed by atoms with Crippen molar-refractivity contribution < 1.29 is 9.13 Å². The van der Waals surface area contributed by atoms with Crippen molar-refractivity contribution in [3.8, 4) is 11.1 Å². The third kappa shape index (κ3) is 3.89. The van der Waals surface area contributed by atoms with Gasteiger partial charge in [-0.3, -0.25) is 14.0 Å². The number of morpholine rings is 1. The van der Waals surface area contributed by atoms with Crippen LogP contribution in [0.1, 0.15) is 17.5 Å². The highest BCUT2D eigenvalue weighted by Crippen LogP contribution is 2.35. The first-order valence-corrected chi connectivity index (χ1v) is 11.0. The molecule has 1 saturated heterocycles. The molecule has 0 spiro atoms. The summed E-state index contributed by atoms with van der Waals surface area (Å²) in [5.74, 6) is 0.0928. The molecule has 5 rings (SSSR count). The van der Waals surface area contributed by atoms with Crippen LogP contribution in [0.5, 0.6) is 0 Å². The number of fused-ring (bicyclic) bond motifs is 1. The SMILES string of the molecule is Cc1nc2c(-c3ccc(Cl)cc3F)cc(N3CCOC(c4cnn(C)c4)C3)cc2c(=O)n1C. The van der Waals surface area contributed by atoms with Crippen molar-refractivity contribution in [2.75, 3.05) is 24.6 Å². The second-order valence-electron chi connectivity index (χ2n) is 8.29. The summed E-state index contributed by atoms with van der Waals surface area (Å²) >= 11 is 5.98. The molecule has 170 valence electrons. The topological polar surface area (TPSA) is 65.2 Å². The maximum atomic E-state index is 15.0. The number of nitrogens with zero attached hydrogens (tertiary/aromatic N) is 5. The first-order chi connectivity index (χ1) is 15.8. The Kier molecular flexibility index (Phi) is 5.42. The molecule has 0 saturated carbocycles. The van der Waals surface area contributed by atoms with Crippen molar-refractivity contribution in [2.24, 2.45) is 14.1 Å². The van der Waals surface area contributed by atoms with Crippen LogP contribution >= 0.6 is 11.6 Å². The summed E-state index contributed by atoms with van der Waals surface area (Å²) in [6.07, 6.45) is 3.58. The Morgan fingerprint density at radius 2 is 2.00 bits per heavy atom. The highest BCUT2D eigenvalue weighted by molar-refractivity contribution is 6.30. The van der Waals surface area contributed by atoms with Gasteiger partial charge in [-0.2, -0.15) is 5.10 Å². The lowest BCUT2D eigenvalue weighted by atomic mass is 10.00. The summed E-state index contributed by atoms with van der Waals surface area (Å²) in [5, 5.41) is 4.99. The minimum Gasteiger partial charge on any atom is -0.370 e. The van der Waals surface area contributed by atoms with Crippen molar-refractivity contribution >= 4 is 28.2 Å². The van der Waals surface area contributed by atoms with E-state index < -0.39 is 5.82 Å². The Morgan fingerprint density at radius 1 is 1.18 bits per heavy atom. The monoisotopic (exact) mass is 467 g/mol. The van der Waals surface area contributed by atoms with E-state index in [1.165, 1.54) is 10.6 Å². The Labute approximate surface area is 195 Å². The highest BCUT2D eigenvalue weighted by atomic mass is 35.5. The molecule has 3 heterocycles. The van der Waals surface area contributed by atoms with E-state index in [9.17, 15) is 9.18 Å². The van der Waals surface area contributed by atoms with Crippen molar-refractivity contribution in [2.45, 2.75) is 13.0 Å². The number of aryl methyl sites for hydroxylation is 2. The molecule has 1 fully saturated rings. The van der Waals surface area contributed by atoms with Gasteiger partial charge in [0.1, 0.15) is 17.7 Å². The van der Waals surface area contributed by atoms with Crippen molar-refractivity contribution in [1.29, 1.82) is 0 Å². The van der Waals surface area contributed by atoms with Crippen molar-refractivity contribution in [3.63, 3.8) is 0 Å². The Bertz CT molecular complexity index is 1430. The number of ether oxygens (including phenoxy) is 1. The van der Waals surface area contributed by atoms with E-state index in [-0.39, 0.29) is 11.7 Å². The number of hydrogen-bond acceptors (Lipinski definition) is 5. The van der Waals surface area contributed by atoms with Crippen LogP contribution in [0.15, 0.2) is 47.5 Å². The second kappa shape index (κ2) is 8.28. The summed E-state index contributed by atoms with van der Waals surface area (Å²) in [6.45, 7) is 3.51. The van der Waals surface area contributed by atoms with E-state index in [4.69, 9.17) is 16.3 Å². The number of anilines is 1. The maximum Gasteiger partial charge on any atom is 0.261 e. The quantitative estimate of drug-likeness (QED) is 0.455. The molecule has 2 aromatic heterocycles. The van der Waals surface area contributed by atoms with Crippen LogP contribution in [-0.2, 0) is 18.8 Å². The maximum absolute atomic E-state index is 15.0. The number of aromatic nitrogens is 4. The Balaban J connectivity index is 1.67. The van der Waals surface area contributed by atoms with Crippen LogP contribution in [0.3, 0.4) is 0 Å². The zero-order valence-corrected chi connectivity index (χ0v) is 19.3. The van der Waals surface area contributed by atoms with E-state index in [0.717, 1.165) is 11.3 Å². The third-order valence-corrected chi connectivity index (χ3v) is 6.37. The summed E-state index contributed by atoms with van der Waals surface area (Å²) in [4.78, 5) is 19.9. The van der Waals surface area contributed by atoms with Gasteiger partial charge in [-0.25, -0.2) is 9.37 Å². The highest BCUT2D eigenvalue weighted by Gasteiger charge is 2.25. The molecule has 1 aliphatic rings. The Morgan fingerprint density at radius 3 is 2.73 bits per heavy atom. The summed E-state index contributed by atoms with van der Waals surface area (Å²) in [7, 11) is 3.55. The molecule has 0 bridgehead atoms. The van der Waals surface area contributed by atoms with Gasteiger partial charge < -0.3 is 9.64 Å². The molecule has 2 aromatic carbocycles. The minimum absolute atomic E-state index is 0.155. The van der Waals surface area contributed by atoms with E-state index in [2.05, 4.69) is 15.0 Å². The summed E-state index contributed by atoms with van der Waals surface area (Å²) in [5.41, 5.74) is 3.00. The molecule has 33 heavy (non-hydrogen) atoms. The van der Waals surface area contributed by atoms with Gasteiger partial charge in [0, 0.05) is 60.8 Å². The predicted octanol–water partition coefficient (Wildman–Crippen LogP) is 4.01. The van der Waals surface area contributed by atoms with Gasteiger partial charge in [-0.15, -0.1) is 0 Å². The molecular weight excluding hydrogens is 445 g/mol. The zero-order valence-electron chi connectivity index (χ0n) is 18.5. The van der Waals surface area contributed by atoms with Gasteiger partial charge in [0.05, 0.1) is 23.7 Å². The number of rotatable bonds is 3. The molecule has 1 atom stereocenters. The van der Waals surface area contributed by atoms with Crippen LogP contribution in [0.25, 0.3) is 22.0 Å². The summed E-state index contributed by atoms with van der Waals surface area (Å²) in [6, 6.07) is 8.28. The van der Waals surface area contributed by atoms with Crippen molar-refractivity contribution in [1.82, 2.24) is 19.3 Å². The molecular formula is C24H23ClFN5O2. The van der Waals surface area contributed by atoms with Crippen LogP contribution in [0.2, 0.25) is 5.02 Å². The smallest absolute Gasteiger partial charge is 0.261 e. The number of benzene rings is 2. The average molecular weight is 468 g/mol. The molecule has 7 nitrogen and oxygen atoms in total. The van der Waals surface area contributed by atoms with Crippen LogP contribution in [-0.4, -0.2) is 39.0 Å². The second-order valence-corrected chi connectivity index (χ2v) is 8.73. The van der Waals surface area contributed by atoms with Gasteiger partial charge >= 0.3 is 0 Å². The largest absolute Gasteiger partial charge is 0.370 e. The average Bonchev–Trinajstić information content (AvgIpc) is 3.24. The van der Waals surface area contributed by atoms with Gasteiger partial charge in [0.25, 0.3) is 5.56 Å². The fourth-order valence-corrected chi connectivity index (χ4v) is 4.41. The van der Waals surface area contributed by atoms with Gasteiger partial charge in [-0.05, 0) is 37.3 Å². The molecule has 9 heteroatoms. The fourth-order valence-electron chi connectivity index (χ4n) is 4.25. The summed E-state index contributed by atoms with van der Waals surface area (Å²) < 4.78 is 24.2. The number of halogens is 2. The zero-order chi connectivity index (χ0) is 23.3. The fraction of sp³-hybridized carbons (Fsp3) is 0.292. The lowest BCUT2D eigenvalue weighted by Gasteiger charge is -2.34. The molecule has 0 aliphatic carbocycles. The lowest BCUT2D eigenvalue weighted by molar-refractivity contribution is 0.0397. The third-order valence-electron chi connectivity index (χ3n) is 6.14. The molecule has 0 N–H and O–H groups in total. The van der Waals surface area contributed by atoms with Gasteiger partial charge in [-0.1, -0.05) is 11.6 Å². The van der Waals surface area contributed by atoms with Gasteiger partial charge in [0.2, 0.25) is 0 Å². The molecule has 1 unspecified atom stereocenters. The van der Waals surface area contributed by atoms with Crippen molar-refractivity contribution in [3.05, 3.63) is 75.3 Å². The number of hydrogen-bond donors (Lipinski definition) is 0. The minimum atomic E-state index is -0.462. The predicted molar refractivity (Wildman–Crippen MR) is 126 cm³/mol. The first-order valence-electron chi connectivity index (χ1n) is 10.6. The van der Waals surface area contributed by atoms with E-state index >= 15 is 0 Å². The van der Waals surface area contributed by atoms with Crippen LogP contribution in [0.4, 0.5) is 10.1 Å². The van der Waals surface area contributed by atoms with E-state index in [1.807, 2.05) is 25.4 Å². The van der Waals surface area contributed by atoms with Crippen LogP contribution < -0.4 is 10.5 Å². The first kappa shape index (κ1) is 21.6. The normalized spacial score (nSPS) is 16.5. The Hall–Kier alpha value is -3.23. The van der Waals surface area contributed by atoms with E-state index in [1.54, 1.807) is 37.0 Å². The standard InChI is InChI=1S/C24H23ClFN5O2/c1-14-28-23-19(18-5-4-16(25)8-21(18)26)9-17(10-20(23)24(32)30(14)3)31-6-7-33-22(13-31)15-11-27-29(2)12-15/h4-5,8-12,22H,6-7,13H2,1-3H3. The molecule has 4 aromatic rings. The lowest BCUT2D eigenvalue weighted by Crippen LogP contribution is -2.38. The van der Waals surface area contributed by atoms with Crippen LogP contribution in [0, 0.1) is 12.7 Å². The molecule has 0 amide bonds.